The molecule has 0 bridgehead atoms. The van der Waals surface area contributed by atoms with Crippen molar-refractivity contribution in [1.29, 1.82) is 0 Å². The Morgan fingerprint density at radius 1 is 1.33 bits per heavy atom. The van der Waals surface area contributed by atoms with E-state index in [0.29, 0.717) is 5.02 Å². The second-order valence-electron chi connectivity index (χ2n) is 1.21. The topological polar surface area (TPSA) is 30.0 Å². The summed E-state index contributed by atoms with van der Waals surface area (Å²) in [6.07, 6.45) is 0. The SMILES string of the molecule is Clc1[c-]cccc1.[Na+].[OH-]. The van der Waals surface area contributed by atoms with Gasteiger partial charge in [0.2, 0.25) is 0 Å². The molecule has 0 amide bonds. The summed E-state index contributed by atoms with van der Waals surface area (Å²) in [7, 11) is 0. The molecule has 44 valence electrons. The molecule has 0 saturated carbocycles. The summed E-state index contributed by atoms with van der Waals surface area (Å²) in [5.74, 6) is 0. The third kappa shape index (κ3) is 4.94. The maximum Gasteiger partial charge on any atom is 1.00 e. The van der Waals surface area contributed by atoms with Gasteiger partial charge in [0.25, 0.3) is 0 Å². The molecule has 0 heterocycles. The molecule has 1 N–H and O–H groups in total. The fraction of sp³-hybridized carbons (Fsp3) is 0. The van der Waals surface area contributed by atoms with Crippen molar-refractivity contribution in [2.45, 2.75) is 0 Å². The van der Waals surface area contributed by atoms with E-state index in [1.165, 1.54) is 0 Å². The maximum atomic E-state index is 5.48. The Hall–Kier alpha value is 0.470. The van der Waals surface area contributed by atoms with Crippen molar-refractivity contribution >= 4 is 11.6 Å². The van der Waals surface area contributed by atoms with Crippen molar-refractivity contribution in [3.05, 3.63) is 35.4 Å². The Bertz CT molecular complexity index is 143. The summed E-state index contributed by atoms with van der Waals surface area (Å²) in [6, 6.07) is 10.1. The van der Waals surface area contributed by atoms with E-state index in [4.69, 9.17) is 11.6 Å². The van der Waals surface area contributed by atoms with Gasteiger partial charge in [-0.3, -0.25) is 0 Å². The van der Waals surface area contributed by atoms with Crippen molar-refractivity contribution in [3.8, 4) is 0 Å². The van der Waals surface area contributed by atoms with E-state index in [1.54, 1.807) is 12.1 Å². The first-order valence-electron chi connectivity index (χ1n) is 2.02. The first-order valence-corrected chi connectivity index (χ1v) is 2.39. The second-order valence-corrected chi connectivity index (χ2v) is 1.62. The van der Waals surface area contributed by atoms with E-state index < -0.39 is 0 Å². The van der Waals surface area contributed by atoms with Crippen LogP contribution in [0.4, 0.5) is 0 Å². The zero-order valence-corrected chi connectivity index (χ0v) is 7.89. The van der Waals surface area contributed by atoms with Gasteiger partial charge < -0.3 is 5.48 Å². The molecule has 0 unspecified atom stereocenters. The summed E-state index contributed by atoms with van der Waals surface area (Å²) < 4.78 is 0. The van der Waals surface area contributed by atoms with Crippen LogP contribution in [0.1, 0.15) is 0 Å². The summed E-state index contributed by atoms with van der Waals surface area (Å²) in [4.78, 5) is 0. The van der Waals surface area contributed by atoms with Crippen LogP contribution in [0.15, 0.2) is 24.3 Å². The zero-order chi connectivity index (χ0) is 5.11. The third-order valence-electron chi connectivity index (χ3n) is 0.671. The molecule has 0 aliphatic carbocycles. The van der Waals surface area contributed by atoms with Crippen LogP contribution in [0.25, 0.3) is 0 Å². The molecular formula is C6H5ClNaO-. The van der Waals surface area contributed by atoms with Crippen LogP contribution in [0.3, 0.4) is 0 Å². The van der Waals surface area contributed by atoms with E-state index in [0.717, 1.165) is 0 Å². The first kappa shape index (κ1) is 12.2. The van der Waals surface area contributed by atoms with Gasteiger partial charge in [0, 0.05) is 0 Å². The monoisotopic (exact) mass is 151 g/mol. The fourth-order valence-electron chi connectivity index (χ4n) is 0.371. The Balaban J connectivity index is 0. The van der Waals surface area contributed by atoms with Crippen molar-refractivity contribution in [2.75, 3.05) is 0 Å². The van der Waals surface area contributed by atoms with Gasteiger partial charge in [-0.05, 0) is 0 Å². The van der Waals surface area contributed by atoms with Crippen LogP contribution < -0.4 is 29.6 Å². The quantitative estimate of drug-likeness (QED) is 0.344. The number of hydrogen-bond acceptors (Lipinski definition) is 1. The normalized spacial score (nSPS) is 6.78. The van der Waals surface area contributed by atoms with Crippen LogP contribution in [-0.2, 0) is 0 Å². The molecule has 0 aromatic heterocycles. The minimum Gasteiger partial charge on any atom is -0.870 e. The van der Waals surface area contributed by atoms with Crippen LogP contribution in [0.5, 0.6) is 0 Å². The number of rotatable bonds is 0. The van der Waals surface area contributed by atoms with E-state index >= 15 is 0 Å². The van der Waals surface area contributed by atoms with Gasteiger partial charge in [0.15, 0.2) is 0 Å². The van der Waals surface area contributed by atoms with Gasteiger partial charge in [-0.15, -0.1) is 11.6 Å². The summed E-state index contributed by atoms with van der Waals surface area (Å²) in [6.45, 7) is 0. The van der Waals surface area contributed by atoms with E-state index in [9.17, 15) is 0 Å². The van der Waals surface area contributed by atoms with E-state index in [2.05, 4.69) is 6.07 Å². The minimum absolute atomic E-state index is 0. The number of benzene rings is 1. The molecule has 3 heteroatoms. The molecule has 0 aliphatic heterocycles. The van der Waals surface area contributed by atoms with Gasteiger partial charge in [-0.1, -0.05) is 5.02 Å². The van der Waals surface area contributed by atoms with Gasteiger partial charge in [0.1, 0.15) is 0 Å². The Morgan fingerprint density at radius 3 is 2.22 bits per heavy atom. The molecule has 1 aromatic carbocycles. The standard InChI is InChI=1S/C6H4Cl.Na.H2O/c7-6-4-2-1-3-5-6;;/h1-4H;;1H2/q-1;+1;/p-1. The summed E-state index contributed by atoms with van der Waals surface area (Å²) in [5.41, 5.74) is 0. The summed E-state index contributed by atoms with van der Waals surface area (Å²) >= 11 is 5.48. The predicted octanol–water partition coefficient (Wildman–Crippen LogP) is -1.03. The van der Waals surface area contributed by atoms with Gasteiger partial charge in [-0.2, -0.15) is 30.3 Å². The fourth-order valence-corrected chi connectivity index (χ4v) is 0.507. The molecule has 0 aliphatic rings. The second kappa shape index (κ2) is 6.59. The number of halogens is 1. The van der Waals surface area contributed by atoms with Crippen LogP contribution in [-0.4, -0.2) is 5.48 Å². The smallest absolute Gasteiger partial charge is 0.870 e. The largest absolute Gasteiger partial charge is 1.00 e. The molecular weight excluding hydrogens is 147 g/mol. The third-order valence-corrected chi connectivity index (χ3v) is 0.906. The van der Waals surface area contributed by atoms with Crippen LogP contribution >= 0.6 is 11.6 Å². The molecule has 9 heavy (non-hydrogen) atoms. The molecule has 0 saturated heterocycles. The van der Waals surface area contributed by atoms with Crippen molar-refractivity contribution < 1.29 is 35.0 Å². The Kier molecular flexibility index (Phi) is 8.91. The average molecular weight is 152 g/mol. The molecule has 0 atom stereocenters. The van der Waals surface area contributed by atoms with Crippen LogP contribution in [0.2, 0.25) is 5.02 Å². The molecule has 1 nitrogen and oxygen atoms in total. The van der Waals surface area contributed by atoms with Crippen molar-refractivity contribution in [2.24, 2.45) is 0 Å². The van der Waals surface area contributed by atoms with Gasteiger partial charge in [0.05, 0.1) is 0 Å². The minimum atomic E-state index is 0. The average Bonchev–Trinajstić information content (AvgIpc) is 1.69. The number of hydrogen-bond donors (Lipinski definition) is 0. The van der Waals surface area contributed by atoms with Gasteiger partial charge >= 0.3 is 29.6 Å². The van der Waals surface area contributed by atoms with E-state index in [-0.39, 0.29) is 35.0 Å². The van der Waals surface area contributed by atoms with E-state index in [1.807, 2.05) is 12.1 Å². The van der Waals surface area contributed by atoms with Crippen molar-refractivity contribution in [1.82, 2.24) is 0 Å². The Morgan fingerprint density at radius 2 is 2.00 bits per heavy atom. The van der Waals surface area contributed by atoms with Gasteiger partial charge in [-0.25, -0.2) is 0 Å². The zero-order valence-electron chi connectivity index (χ0n) is 5.13. The summed E-state index contributed by atoms with van der Waals surface area (Å²) in [5, 5.41) is 0.669. The first-order chi connectivity index (χ1) is 3.39. The maximum absolute atomic E-state index is 5.48. The molecule has 0 radical (unpaired) electrons. The molecule has 0 fully saturated rings. The Labute approximate surface area is 81.6 Å². The predicted molar refractivity (Wildman–Crippen MR) is 32.2 cm³/mol. The van der Waals surface area contributed by atoms with Crippen molar-refractivity contribution in [3.63, 3.8) is 0 Å². The molecule has 1 rings (SSSR count). The molecule has 1 aromatic rings. The van der Waals surface area contributed by atoms with Crippen LogP contribution in [0, 0.1) is 6.07 Å². The molecule has 0 spiro atoms.